The Morgan fingerprint density at radius 3 is 2.32 bits per heavy atom. The predicted octanol–water partition coefficient (Wildman–Crippen LogP) is 4.07. The molecule has 2 aromatic rings. The molecule has 2 N–H and O–H groups in total. The van der Waals surface area contributed by atoms with Crippen LogP contribution in [0.25, 0.3) is 0 Å². The minimum absolute atomic E-state index is 0.0978. The zero-order valence-electron chi connectivity index (χ0n) is 14.3. The SMILES string of the molecule is Cc1ccc(CNC(=O)C(C)(C)C(=O)Nc2ccc(F)c(Cl)c2)cc1. The van der Waals surface area contributed by atoms with Crippen molar-refractivity contribution in [1.82, 2.24) is 5.32 Å². The molecule has 4 nitrogen and oxygen atoms in total. The van der Waals surface area contributed by atoms with Gasteiger partial charge in [-0.3, -0.25) is 9.59 Å². The summed E-state index contributed by atoms with van der Waals surface area (Å²) in [5, 5.41) is 5.25. The number of carbonyl (C=O) groups is 2. The molecule has 0 saturated carbocycles. The maximum Gasteiger partial charge on any atom is 0.239 e. The van der Waals surface area contributed by atoms with E-state index in [1.165, 1.54) is 26.0 Å². The first-order valence-electron chi connectivity index (χ1n) is 7.80. The van der Waals surface area contributed by atoms with E-state index in [1.54, 1.807) is 0 Å². The van der Waals surface area contributed by atoms with E-state index in [1.807, 2.05) is 31.2 Å². The molecule has 0 aliphatic heterocycles. The lowest BCUT2D eigenvalue weighted by Gasteiger charge is -2.23. The van der Waals surface area contributed by atoms with Crippen LogP contribution in [0, 0.1) is 18.2 Å². The number of benzene rings is 2. The molecule has 0 spiro atoms. The molecule has 25 heavy (non-hydrogen) atoms. The number of anilines is 1. The van der Waals surface area contributed by atoms with E-state index in [9.17, 15) is 14.0 Å². The van der Waals surface area contributed by atoms with E-state index < -0.39 is 23.0 Å². The van der Waals surface area contributed by atoms with Crippen molar-refractivity contribution in [3.8, 4) is 0 Å². The average molecular weight is 363 g/mol. The lowest BCUT2D eigenvalue weighted by Crippen LogP contribution is -2.44. The molecule has 2 rings (SSSR count). The van der Waals surface area contributed by atoms with Gasteiger partial charge in [-0.15, -0.1) is 0 Å². The van der Waals surface area contributed by atoms with Crippen molar-refractivity contribution in [2.75, 3.05) is 5.32 Å². The third kappa shape index (κ3) is 4.79. The van der Waals surface area contributed by atoms with Gasteiger partial charge in [0.25, 0.3) is 0 Å². The van der Waals surface area contributed by atoms with Crippen LogP contribution >= 0.6 is 11.6 Å². The van der Waals surface area contributed by atoms with Gasteiger partial charge in [-0.05, 0) is 44.5 Å². The van der Waals surface area contributed by atoms with Crippen molar-refractivity contribution in [2.45, 2.75) is 27.3 Å². The fraction of sp³-hybridized carbons (Fsp3) is 0.263. The fourth-order valence-corrected chi connectivity index (χ4v) is 2.25. The zero-order chi connectivity index (χ0) is 18.6. The van der Waals surface area contributed by atoms with Gasteiger partial charge in [0, 0.05) is 12.2 Å². The van der Waals surface area contributed by atoms with Gasteiger partial charge in [0.1, 0.15) is 11.2 Å². The summed E-state index contributed by atoms with van der Waals surface area (Å²) in [4.78, 5) is 24.8. The number of nitrogens with one attached hydrogen (secondary N) is 2. The molecular formula is C19H20ClFN2O2. The zero-order valence-corrected chi connectivity index (χ0v) is 15.1. The molecule has 2 aromatic carbocycles. The normalized spacial score (nSPS) is 11.1. The highest BCUT2D eigenvalue weighted by Gasteiger charge is 2.36. The number of aryl methyl sites for hydroxylation is 1. The second kappa shape index (κ2) is 7.66. The van der Waals surface area contributed by atoms with Crippen LogP contribution in [0.2, 0.25) is 5.02 Å². The minimum atomic E-state index is -1.30. The van der Waals surface area contributed by atoms with Crippen molar-refractivity contribution in [3.63, 3.8) is 0 Å². The topological polar surface area (TPSA) is 58.2 Å². The first-order chi connectivity index (χ1) is 11.7. The molecule has 2 amide bonds. The van der Waals surface area contributed by atoms with Gasteiger partial charge in [-0.2, -0.15) is 0 Å². The quantitative estimate of drug-likeness (QED) is 0.788. The smallest absolute Gasteiger partial charge is 0.239 e. The summed E-state index contributed by atoms with van der Waals surface area (Å²) in [5.74, 6) is -1.48. The Bertz CT molecular complexity index is 789. The molecule has 0 fully saturated rings. The Kier molecular flexibility index (Phi) is 5.80. The van der Waals surface area contributed by atoms with Crippen LogP contribution in [0.1, 0.15) is 25.0 Å². The van der Waals surface area contributed by atoms with Gasteiger partial charge in [-0.25, -0.2) is 4.39 Å². The van der Waals surface area contributed by atoms with E-state index in [4.69, 9.17) is 11.6 Å². The largest absolute Gasteiger partial charge is 0.351 e. The minimum Gasteiger partial charge on any atom is -0.351 e. The molecule has 0 aromatic heterocycles. The van der Waals surface area contributed by atoms with E-state index in [-0.39, 0.29) is 5.02 Å². The number of halogens is 2. The summed E-state index contributed by atoms with van der Waals surface area (Å²) >= 11 is 5.70. The van der Waals surface area contributed by atoms with Crippen LogP contribution < -0.4 is 10.6 Å². The van der Waals surface area contributed by atoms with Gasteiger partial charge in [0.15, 0.2) is 0 Å². The standard InChI is InChI=1S/C19H20ClFN2O2/c1-12-4-6-13(7-5-12)11-22-17(24)19(2,3)18(25)23-14-8-9-16(21)15(20)10-14/h4-10H,11H2,1-3H3,(H,22,24)(H,23,25). The fourth-order valence-electron chi connectivity index (χ4n) is 2.07. The van der Waals surface area contributed by atoms with Crippen LogP contribution in [0.5, 0.6) is 0 Å². The molecule has 132 valence electrons. The first kappa shape index (κ1) is 18.9. The number of rotatable bonds is 5. The van der Waals surface area contributed by atoms with Gasteiger partial charge in [0.05, 0.1) is 5.02 Å². The van der Waals surface area contributed by atoms with E-state index in [0.717, 1.165) is 17.2 Å². The molecule has 0 radical (unpaired) electrons. The van der Waals surface area contributed by atoms with Gasteiger partial charge < -0.3 is 10.6 Å². The number of hydrogen-bond acceptors (Lipinski definition) is 2. The Morgan fingerprint density at radius 2 is 1.72 bits per heavy atom. The summed E-state index contributed by atoms with van der Waals surface area (Å²) in [5.41, 5.74) is 1.11. The maximum absolute atomic E-state index is 13.2. The third-order valence-electron chi connectivity index (χ3n) is 3.89. The van der Waals surface area contributed by atoms with Crippen molar-refractivity contribution < 1.29 is 14.0 Å². The van der Waals surface area contributed by atoms with E-state index in [2.05, 4.69) is 10.6 Å². The van der Waals surface area contributed by atoms with Crippen LogP contribution in [0.15, 0.2) is 42.5 Å². The van der Waals surface area contributed by atoms with Crippen molar-refractivity contribution >= 4 is 29.1 Å². The van der Waals surface area contributed by atoms with Crippen LogP contribution in [-0.4, -0.2) is 11.8 Å². The Hall–Kier alpha value is -2.40. The lowest BCUT2D eigenvalue weighted by atomic mass is 9.90. The van der Waals surface area contributed by atoms with Crippen LogP contribution in [-0.2, 0) is 16.1 Å². The number of carbonyl (C=O) groups excluding carboxylic acids is 2. The molecule has 0 heterocycles. The molecular weight excluding hydrogens is 343 g/mol. The van der Waals surface area contributed by atoms with Gasteiger partial charge >= 0.3 is 0 Å². The lowest BCUT2D eigenvalue weighted by molar-refractivity contribution is -0.138. The second-order valence-corrected chi connectivity index (χ2v) is 6.78. The molecule has 0 unspecified atom stereocenters. The molecule has 0 saturated heterocycles. The number of hydrogen-bond donors (Lipinski definition) is 2. The van der Waals surface area contributed by atoms with Crippen LogP contribution in [0.4, 0.5) is 10.1 Å². The highest BCUT2D eigenvalue weighted by Crippen LogP contribution is 2.23. The molecule has 0 atom stereocenters. The van der Waals surface area contributed by atoms with E-state index in [0.29, 0.717) is 12.2 Å². The van der Waals surface area contributed by atoms with Crippen molar-refractivity contribution in [3.05, 3.63) is 64.4 Å². The summed E-state index contributed by atoms with van der Waals surface area (Å²) in [6.45, 7) is 5.37. The van der Waals surface area contributed by atoms with Crippen molar-refractivity contribution in [2.24, 2.45) is 5.41 Å². The second-order valence-electron chi connectivity index (χ2n) is 6.38. The maximum atomic E-state index is 13.2. The summed E-state index contributed by atoms with van der Waals surface area (Å²) < 4.78 is 13.2. The Labute approximate surface area is 151 Å². The highest BCUT2D eigenvalue weighted by molar-refractivity contribution is 6.31. The molecule has 6 heteroatoms. The monoisotopic (exact) mass is 362 g/mol. The Morgan fingerprint density at radius 1 is 1.08 bits per heavy atom. The number of amides is 2. The third-order valence-corrected chi connectivity index (χ3v) is 4.18. The molecule has 0 aliphatic rings. The van der Waals surface area contributed by atoms with E-state index >= 15 is 0 Å². The summed E-state index contributed by atoms with van der Waals surface area (Å²) in [6, 6.07) is 11.6. The Balaban J connectivity index is 2.00. The highest BCUT2D eigenvalue weighted by atomic mass is 35.5. The average Bonchev–Trinajstić information content (AvgIpc) is 2.57. The first-order valence-corrected chi connectivity index (χ1v) is 8.18. The van der Waals surface area contributed by atoms with Crippen molar-refractivity contribution in [1.29, 1.82) is 0 Å². The molecule has 0 aliphatic carbocycles. The van der Waals surface area contributed by atoms with Gasteiger partial charge in [-0.1, -0.05) is 41.4 Å². The van der Waals surface area contributed by atoms with Gasteiger partial charge in [0.2, 0.25) is 11.8 Å². The summed E-state index contributed by atoms with van der Waals surface area (Å²) in [7, 11) is 0. The van der Waals surface area contributed by atoms with Crippen LogP contribution in [0.3, 0.4) is 0 Å². The molecule has 0 bridgehead atoms. The predicted molar refractivity (Wildman–Crippen MR) is 96.8 cm³/mol. The summed E-state index contributed by atoms with van der Waals surface area (Å²) in [6.07, 6.45) is 0.